The van der Waals surface area contributed by atoms with Gasteiger partial charge in [-0.2, -0.15) is 0 Å². The van der Waals surface area contributed by atoms with Gasteiger partial charge in [-0.15, -0.1) is 11.8 Å². The highest BCUT2D eigenvalue weighted by atomic mass is 32.2. The molecule has 180 valence electrons. The lowest BCUT2D eigenvalue weighted by Crippen LogP contribution is -2.18. The first-order chi connectivity index (χ1) is 14.9. The molecule has 3 atom stereocenters. The zero-order valence-electron chi connectivity index (χ0n) is 19.6. The normalized spacial score (nSPS) is 19.5. The van der Waals surface area contributed by atoms with Crippen molar-refractivity contribution in [3.05, 3.63) is 10.7 Å². The molecule has 31 heavy (non-hydrogen) atoms. The molecule has 0 aliphatic heterocycles. The van der Waals surface area contributed by atoms with Crippen LogP contribution in [0.5, 0.6) is 0 Å². The van der Waals surface area contributed by atoms with Gasteiger partial charge in [0.05, 0.1) is 19.3 Å². The van der Waals surface area contributed by atoms with Crippen molar-refractivity contribution in [3.63, 3.8) is 0 Å². The molecule has 7 heteroatoms. The second-order valence-corrected chi connectivity index (χ2v) is 9.49. The van der Waals surface area contributed by atoms with Gasteiger partial charge in [-0.1, -0.05) is 39.5 Å². The lowest BCUT2D eigenvalue weighted by molar-refractivity contribution is -0.141. The molecule has 2 N–H and O–H groups in total. The number of aliphatic hydroxyl groups is 2. The van der Waals surface area contributed by atoms with Crippen LogP contribution in [0.2, 0.25) is 0 Å². The van der Waals surface area contributed by atoms with Crippen LogP contribution in [0.1, 0.15) is 97.3 Å². The summed E-state index contributed by atoms with van der Waals surface area (Å²) in [6.45, 7) is 4.08. The minimum absolute atomic E-state index is 0.0923. The summed E-state index contributed by atoms with van der Waals surface area (Å²) in [6.07, 6.45) is 9.00. The fourth-order valence-corrected chi connectivity index (χ4v) is 5.13. The standard InChI is InChI=1S/C24H42O6S/c1-4-6-8-12-18(25)14-15-19-20(26)17-21(30-23(28)11-5-2)24(19)31-16-10-7-9-13-22(27)29-3/h18-20,25-26H,4-17H2,1-3H3/t18-,19-,20+/m0/s1. The highest BCUT2D eigenvalue weighted by Gasteiger charge is 2.36. The number of unbranched alkanes of at least 4 members (excludes halogenated alkanes) is 4. The predicted octanol–water partition coefficient (Wildman–Crippen LogP) is 5.11. The molecule has 6 nitrogen and oxygen atoms in total. The Labute approximate surface area is 192 Å². The molecule has 0 aromatic rings. The van der Waals surface area contributed by atoms with Crippen LogP contribution in [0, 0.1) is 5.92 Å². The molecule has 0 saturated carbocycles. The van der Waals surface area contributed by atoms with Crippen LogP contribution < -0.4 is 0 Å². The summed E-state index contributed by atoms with van der Waals surface area (Å²) in [6, 6.07) is 0. The Morgan fingerprint density at radius 3 is 2.48 bits per heavy atom. The number of aliphatic hydroxyl groups excluding tert-OH is 2. The number of esters is 2. The highest BCUT2D eigenvalue weighted by molar-refractivity contribution is 8.03. The lowest BCUT2D eigenvalue weighted by Gasteiger charge is -2.20. The second kappa shape index (κ2) is 16.6. The van der Waals surface area contributed by atoms with Crippen LogP contribution in [0.25, 0.3) is 0 Å². The second-order valence-electron chi connectivity index (χ2n) is 8.35. The van der Waals surface area contributed by atoms with Crippen molar-refractivity contribution >= 4 is 23.7 Å². The van der Waals surface area contributed by atoms with E-state index < -0.39 is 6.10 Å². The first kappa shape index (κ1) is 28.0. The smallest absolute Gasteiger partial charge is 0.310 e. The Hall–Kier alpha value is -1.05. The Bertz CT molecular complexity index is 562. The quantitative estimate of drug-likeness (QED) is 0.231. The molecule has 1 aliphatic carbocycles. The third-order valence-electron chi connectivity index (χ3n) is 5.62. The first-order valence-electron chi connectivity index (χ1n) is 11.9. The van der Waals surface area contributed by atoms with Gasteiger partial charge in [-0.25, -0.2) is 0 Å². The lowest BCUT2D eigenvalue weighted by atomic mass is 9.96. The van der Waals surface area contributed by atoms with Gasteiger partial charge in [0.15, 0.2) is 0 Å². The fraction of sp³-hybridized carbons (Fsp3) is 0.833. The van der Waals surface area contributed by atoms with Gasteiger partial charge in [0.1, 0.15) is 5.76 Å². The summed E-state index contributed by atoms with van der Waals surface area (Å²) in [7, 11) is 1.40. The van der Waals surface area contributed by atoms with Crippen LogP contribution in [0.15, 0.2) is 10.7 Å². The predicted molar refractivity (Wildman–Crippen MR) is 124 cm³/mol. The summed E-state index contributed by atoms with van der Waals surface area (Å²) >= 11 is 1.65. The third-order valence-corrected chi connectivity index (χ3v) is 6.96. The molecule has 0 radical (unpaired) electrons. The largest absolute Gasteiger partial charge is 0.469 e. The zero-order chi connectivity index (χ0) is 23.1. The molecule has 0 aromatic carbocycles. The molecule has 0 aromatic heterocycles. The van der Waals surface area contributed by atoms with Gasteiger partial charge >= 0.3 is 11.9 Å². The van der Waals surface area contributed by atoms with Gasteiger partial charge in [-0.05, 0) is 44.3 Å². The minimum atomic E-state index is -0.575. The molecule has 0 bridgehead atoms. The number of hydrogen-bond donors (Lipinski definition) is 2. The number of ether oxygens (including phenoxy) is 2. The van der Waals surface area contributed by atoms with Crippen molar-refractivity contribution in [2.75, 3.05) is 12.9 Å². The van der Waals surface area contributed by atoms with E-state index in [9.17, 15) is 19.8 Å². The van der Waals surface area contributed by atoms with Gasteiger partial charge in [0, 0.05) is 30.1 Å². The van der Waals surface area contributed by atoms with Crippen molar-refractivity contribution in [3.8, 4) is 0 Å². The number of carbonyl (C=O) groups excluding carboxylic acids is 2. The summed E-state index contributed by atoms with van der Waals surface area (Å²) in [5, 5.41) is 20.9. The van der Waals surface area contributed by atoms with Crippen molar-refractivity contribution in [2.45, 2.75) is 110 Å². The van der Waals surface area contributed by atoms with Crippen LogP contribution in [0.3, 0.4) is 0 Å². The number of thioether (sulfide) groups is 1. The van der Waals surface area contributed by atoms with E-state index in [0.29, 0.717) is 37.9 Å². The first-order valence-corrected chi connectivity index (χ1v) is 12.9. The summed E-state index contributed by atoms with van der Waals surface area (Å²) in [5.41, 5.74) is 0. The minimum Gasteiger partial charge on any atom is -0.469 e. The van der Waals surface area contributed by atoms with Crippen molar-refractivity contribution < 1.29 is 29.3 Å². The van der Waals surface area contributed by atoms with Crippen molar-refractivity contribution in [1.29, 1.82) is 0 Å². The Morgan fingerprint density at radius 1 is 1.03 bits per heavy atom. The molecule has 0 fully saturated rings. The Kier molecular flexibility index (Phi) is 15.0. The number of carbonyl (C=O) groups is 2. The number of methoxy groups -OCH3 is 1. The fourth-order valence-electron chi connectivity index (χ4n) is 3.79. The van der Waals surface area contributed by atoms with Crippen LogP contribution in [0.4, 0.5) is 0 Å². The SMILES string of the molecule is CCCCC[C@H](O)CC[C@@H]1C(SCCCCCC(=O)OC)=C(OC(=O)CCC)C[C@H]1O. The van der Waals surface area contributed by atoms with Crippen molar-refractivity contribution in [1.82, 2.24) is 0 Å². The molecular weight excluding hydrogens is 416 g/mol. The third kappa shape index (κ3) is 11.4. The zero-order valence-corrected chi connectivity index (χ0v) is 20.4. The summed E-state index contributed by atoms with van der Waals surface area (Å²) in [5.74, 6) is 0.924. The van der Waals surface area contributed by atoms with Gasteiger partial charge < -0.3 is 19.7 Å². The number of rotatable bonds is 17. The Morgan fingerprint density at radius 2 is 1.81 bits per heavy atom. The van der Waals surface area contributed by atoms with E-state index in [1.54, 1.807) is 11.8 Å². The molecular formula is C24H42O6S. The van der Waals surface area contributed by atoms with E-state index in [1.807, 2.05) is 6.92 Å². The van der Waals surface area contributed by atoms with E-state index in [-0.39, 0.29) is 24.0 Å². The average molecular weight is 459 g/mol. The molecule has 0 unspecified atom stereocenters. The molecule has 0 saturated heterocycles. The summed E-state index contributed by atoms with van der Waals surface area (Å²) < 4.78 is 10.3. The van der Waals surface area contributed by atoms with E-state index in [0.717, 1.165) is 62.0 Å². The highest BCUT2D eigenvalue weighted by Crippen LogP contribution is 2.43. The van der Waals surface area contributed by atoms with E-state index in [1.165, 1.54) is 7.11 Å². The Balaban J connectivity index is 2.64. The molecule has 0 heterocycles. The van der Waals surface area contributed by atoms with E-state index >= 15 is 0 Å². The van der Waals surface area contributed by atoms with E-state index in [4.69, 9.17) is 4.74 Å². The van der Waals surface area contributed by atoms with E-state index in [2.05, 4.69) is 11.7 Å². The van der Waals surface area contributed by atoms with Crippen LogP contribution in [-0.2, 0) is 19.1 Å². The number of hydrogen-bond acceptors (Lipinski definition) is 7. The topological polar surface area (TPSA) is 93.1 Å². The van der Waals surface area contributed by atoms with Crippen LogP contribution in [-0.4, -0.2) is 47.2 Å². The van der Waals surface area contributed by atoms with Crippen molar-refractivity contribution in [2.24, 2.45) is 5.92 Å². The van der Waals surface area contributed by atoms with Crippen LogP contribution >= 0.6 is 11.8 Å². The maximum atomic E-state index is 12.0. The van der Waals surface area contributed by atoms with Gasteiger partial charge in [-0.3, -0.25) is 9.59 Å². The molecule has 1 rings (SSSR count). The van der Waals surface area contributed by atoms with Gasteiger partial charge in [0.2, 0.25) is 0 Å². The molecule has 0 amide bonds. The van der Waals surface area contributed by atoms with Gasteiger partial charge in [0.25, 0.3) is 0 Å². The molecule has 1 aliphatic rings. The molecule has 0 spiro atoms. The maximum absolute atomic E-state index is 12.0. The summed E-state index contributed by atoms with van der Waals surface area (Å²) in [4.78, 5) is 24.2. The average Bonchev–Trinajstić information content (AvgIpc) is 3.02. The maximum Gasteiger partial charge on any atom is 0.310 e. The monoisotopic (exact) mass is 458 g/mol.